The summed E-state index contributed by atoms with van der Waals surface area (Å²) in [5.41, 5.74) is 1.31. The Balaban J connectivity index is 2.33. The highest BCUT2D eigenvalue weighted by Crippen LogP contribution is 2.30. The van der Waals surface area contributed by atoms with Crippen LogP contribution < -0.4 is 5.32 Å². The number of rotatable bonds is 6. The Morgan fingerprint density at radius 3 is 2.55 bits per heavy atom. The fourth-order valence-electron chi connectivity index (χ4n) is 2.58. The highest BCUT2D eigenvalue weighted by atomic mass is 32.2. The van der Waals surface area contributed by atoms with Crippen molar-refractivity contribution < 1.29 is 8.42 Å². The minimum Gasteiger partial charge on any atom is -0.318 e. The maximum absolute atomic E-state index is 12.8. The van der Waals surface area contributed by atoms with E-state index in [9.17, 15) is 8.42 Å². The van der Waals surface area contributed by atoms with E-state index in [-0.39, 0.29) is 6.04 Å². The lowest BCUT2D eigenvalue weighted by molar-refractivity contribution is 0.249. The van der Waals surface area contributed by atoms with Gasteiger partial charge in [0.2, 0.25) is 10.0 Å². The van der Waals surface area contributed by atoms with Crippen LogP contribution >= 0.6 is 0 Å². The molecule has 0 bridgehead atoms. The quantitative estimate of drug-likeness (QED) is 0.847. The van der Waals surface area contributed by atoms with Crippen molar-refractivity contribution in [2.75, 3.05) is 20.6 Å². The predicted molar refractivity (Wildman–Crippen MR) is 78.2 cm³/mol. The number of aryl methyl sites for hydroxylation is 1. The Labute approximate surface area is 121 Å². The number of likely N-dealkylation sites (N-methyl/N-ethyl adjacent to an activating group) is 1. The van der Waals surface area contributed by atoms with Crippen LogP contribution in [0.15, 0.2) is 4.90 Å². The van der Waals surface area contributed by atoms with E-state index in [1.807, 2.05) is 14.0 Å². The summed E-state index contributed by atoms with van der Waals surface area (Å²) < 4.78 is 28.8. The summed E-state index contributed by atoms with van der Waals surface area (Å²) in [6.45, 7) is 5.03. The Morgan fingerprint density at radius 2 is 2.05 bits per heavy atom. The second-order valence-electron chi connectivity index (χ2n) is 5.43. The molecule has 6 nitrogen and oxygen atoms in total. The Hall–Kier alpha value is -0.920. The van der Waals surface area contributed by atoms with Crippen LogP contribution in [0.3, 0.4) is 0 Å². The minimum atomic E-state index is -3.44. The van der Waals surface area contributed by atoms with E-state index in [0.717, 1.165) is 31.5 Å². The lowest BCUT2D eigenvalue weighted by Crippen LogP contribution is -2.41. The molecule has 1 N–H and O–H groups in total. The van der Waals surface area contributed by atoms with E-state index in [0.29, 0.717) is 17.1 Å². The van der Waals surface area contributed by atoms with Gasteiger partial charge in [-0.2, -0.15) is 9.40 Å². The van der Waals surface area contributed by atoms with Gasteiger partial charge in [-0.25, -0.2) is 8.42 Å². The van der Waals surface area contributed by atoms with Crippen LogP contribution in [0, 0.1) is 13.8 Å². The molecule has 114 valence electrons. The number of nitrogens with one attached hydrogen (secondary N) is 1. The van der Waals surface area contributed by atoms with Gasteiger partial charge in [0.1, 0.15) is 4.90 Å². The lowest BCUT2D eigenvalue weighted by Gasteiger charge is -2.33. The highest BCUT2D eigenvalue weighted by molar-refractivity contribution is 7.89. The smallest absolute Gasteiger partial charge is 0.246 e. The molecule has 0 amide bonds. The summed E-state index contributed by atoms with van der Waals surface area (Å²) in [6.07, 6.45) is 3.04. The van der Waals surface area contributed by atoms with Crippen molar-refractivity contribution in [3.63, 3.8) is 0 Å². The van der Waals surface area contributed by atoms with Crippen molar-refractivity contribution >= 4 is 10.0 Å². The van der Waals surface area contributed by atoms with Crippen LogP contribution in [0.1, 0.15) is 30.7 Å². The second kappa shape index (κ2) is 5.83. The topological polar surface area (TPSA) is 67.2 Å². The summed E-state index contributed by atoms with van der Waals surface area (Å²) in [4.78, 5) is 0.378. The molecule has 0 atom stereocenters. The van der Waals surface area contributed by atoms with E-state index in [1.54, 1.807) is 18.7 Å². The molecule has 20 heavy (non-hydrogen) atoms. The first-order valence-electron chi connectivity index (χ1n) is 7.06. The highest BCUT2D eigenvalue weighted by Gasteiger charge is 2.35. The normalized spacial score (nSPS) is 16.6. The molecule has 1 saturated carbocycles. The molecule has 7 heteroatoms. The molecule has 0 aromatic carbocycles. The third-order valence-electron chi connectivity index (χ3n) is 4.11. The first-order chi connectivity index (χ1) is 9.39. The Bertz CT molecular complexity index is 575. The standard InChI is InChI=1S/C13H24N4O2S/c1-10-13(11(2)17(15-10)9-8-14-3)20(18,19)16(4)12-6-5-7-12/h12,14H,5-9H2,1-4H3. The summed E-state index contributed by atoms with van der Waals surface area (Å²) >= 11 is 0. The fraction of sp³-hybridized carbons (Fsp3) is 0.769. The van der Waals surface area contributed by atoms with E-state index in [1.165, 1.54) is 4.31 Å². The van der Waals surface area contributed by atoms with Gasteiger partial charge in [-0.15, -0.1) is 0 Å². The summed E-state index contributed by atoms with van der Waals surface area (Å²) in [6, 6.07) is 0.152. The first kappa shape index (κ1) is 15.5. The van der Waals surface area contributed by atoms with Gasteiger partial charge in [0.15, 0.2) is 0 Å². The number of sulfonamides is 1. The van der Waals surface area contributed by atoms with Crippen LogP contribution in [-0.4, -0.2) is 49.2 Å². The SMILES string of the molecule is CNCCn1nc(C)c(S(=O)(=O)N(C)C2CCC2)c1C. The second-order valence-corrected chi connectivity index (χ2v) is 7.37. The summed E-state index contributed by atoms with van der Waals surface area (Å²) in [5.74, 6) is 0. The molecular formula is C13H24N4O2S. The molecule has 0 spiro atoms. The van der Waals surface area contributed by atoms with Gasteiger partial charge in [0.25, 0.3) is 0 Å². The fourth-order valence-corrected chi connectivity index (χ4v) is 4.36. The molecule has 0 unspecified atom stereocenters. The van der Waals surface area contributed by atoms with Gasteiger partial charge in [0.05, 0.1) is 17.9 Å². The molecule has 1 heterocycles. The minimum absolute atomic E-state index is 0.152. The molecular weight excluding hydrogens is 276 g/mol. The molecule has 2 rings (SSSR count). The van der Waals surface area contributed by atoms with Crippen molar-refractivity contribution in [2.45, 2.75) is 50.6 Å². The monoisotopic (exact) mass is 300 g/mol. The summed E-state index contributed by atoms with van der Waals surface area (Å²) in [7, 11) is 0.117. The Morgan fingerprint density at radius 1 is 1.40 bits per heavy atom. The van der Waals surface area contributed by atoms with Gasteiger partial charge in [-0.05, 0) is 33.7 Å². The summed E-state index contributed by atoms with van der Waals surface area (Å²) in [5, 5.41) is 7.42. The number of hydrogen-bond donors (Lipinski definition) is 1. The predicted octanol–water partition coefficient (Wildman–Crippen LogP) is 0.892. The van der Waals surface area contributed by atoms with E-state index >= 15 is 0 Å². The van der Waals surface area contributed by atoms with Crippen LogP contribution in [0.5, 0.6) is 0 Å². The average Bonchev–Trinajstić information content (AvgIpc) is 2.59. The molecule has 1 aliphatic carbocycles. The van der Waals surface area contributed by atoms with Gasteiger partial charge in [0, 0.05) is 19.6 Å². The molecule has 1 aromatic heterocycles. The van der Waals surface area contributed by atoms with E-state index < -0.39 is 10.0 Å². The zero-order chi connectivity index (χ0) is 14.9. The van der Waals surface area contributed by atoms with Crippen LogP contribution in [0.2, 0.25) is 0 Å². The van der Waals surface area contributed by atoms with E-state index in [2.05, 4.69) is 10.4 Å². The number of nitrogens with zero attached hydrogens (tertiary/aromatic N) is 3. The molecule has 0 saturated heterocycles. The Kier molecular flexibility index (Phi) is 4.51. The maximum Gasteiger partial charge on any atom is 0.246 e. The van der Waals surface area contributed by atoms with Crippen LogP contribution in [0.4, 0.5) is 0 Å². The van der Waals surface area contributed by atoms with Crippen LogP contribution in [-0.2, 0) is 16.6 Å². The third-order valence-corrected chi connectivity index (χ3v) is 6.28. The van der Waals surface area contributed by atoms with Gasteiger partial charge in [-0.1, -0.05) is 6.42 Å². The molecule has 0 radical (unpaired) electrons. The van der Waals surface area contributed by atoms with Crippen molar-refractivity contribution in [1.82, 2.24) is 19.4 Å². The number of hydrogen-bond acceptors (Lipinski definition) is 4. The molecule has 1 aliphatic rings. The number of aromatic nitrogens is 2. The van der Waals surface area contributed by atoms with Gasteiger partial charge >= 0.3 is 0 Å². The average molecular weight is 300 g/mol. The van der Waals surface area contributed by atoms with Crippen molar-refractivity contribution in [2.24, 2.45) is 0 Å². The van der Waals surface area contributed by atoms with Crippen LogP contribution in [0.25, 0.3) is 0 Å². The zero-order valence-electron chi connectivity index (χ0n) is 12.7. The molecule has 1 fully saturated rings. The molecule has 0 aliphatic heterocycles. The third kappa shape index (κ3) is 2.62. The van der Waals surface area contributed by atoms with Crippen molar-refractivity contribution in [3.05, 3.63) is 11.4 Å². The first-order valence-corrected chi connectivity index (χ1v) is 8.50. The maximum atomic E-state index is 12.8. The largest absolute Gasteiger partial charge is 0.318 e. The zero-order valence-corrected chi connectivity index (χ0v) is 13.5. The van der Waals surface area contributed by atoms with Crippen molar-refractivity contribution in [3.8, 4) is 0 Å². The molecule has 1 aromatic rings. The van der Waals surface area contributed by atoms with Gasteiger partial charge < -0.3 is 5.32 Å². The lowest BCUT2D eigenvalue weighted by atomic mass is 9.94. The van der Waals surface area contributed by atoms with Crippen molar-refractivity contribution in [1.29, 1.82) is 0 Å². The van der Waals surface area contributed by atoms with Gasteiger partial charge in [-0.3, -0.25) is 4.68 Å². The van der Waals surface area contributed by atoms with E-state index in [4.69, 9.17) is 0 Å².